The van der Waals surface area contributed by atoms with Gasteiger partial charge in [-0.05, 0) is 25.5 Å². The summed E-state index contributed by atoms with van der Waals surface area (Å²) in [5, 5.41) is 11.2. The van der Waals surface area contributed by atoms with Gasteiger partial charge in [0.25, 0.3) is 0 Å². The molecule has 1 aromatic heterocycles. The van der Waals surface area contributed by atoms with E-state index < -0.39 is 0 Å². The average molecular weight is 245 g/mol. The highest BCUT2D eigenvalue weighted by Gasteiger charge is 2.05. The minimum Gasteiger partial charge on any atom is -0.424 e. The lowest BCUT2D eigenvalue weighted by molar-refractivity contribution is 0.434. The molecule has 1 heterocycles. The van der Waals surface area contributed by atoms with Gasteiger partial charge < -0.3 is 9.73 Å². The van der Waals surface area contributed by atoms with Crippen LogP contribution in [-0.2, 0) is 19.4 Å². The van der Waals surface area contributed by atoms with Crippen LogP contribution in [0.2, 0.25) is 0 Å². The summed E-state index contributed by atoms with van der Waals surface area (Å²) in [6, 6.07) is 8.50. The van der Waals surface area contributed by atoms with Crippen LogP contribution < -0.4 is 5.32 Å². The Labute approximate surface area is 107 Å². The Morgan fingerprint density at radius 2 is 2.00 bits per heavy atom. The van der Waals surface area contributed by atoms with Gasteiger partial charge in [0.05, 0.1) is 6.54 Å². The monoisotopic (exact) mass is 245 g/mol. The van der Waals surface area contributed by atoms with Crippen LogP contribution in [0.15, 0.2) is 28.7 Å². The fraction of sp³-hybridized carbons (Fsp3) is 0.429. The van der Waals surface area contributed by atoms with E-state index in [0.717, 1.165) is 19.4 Å². The zero-order valence-corrected chi connectivity index (χ0v) is 10.9. The molecule has 2 aromatic rings. The van der Waals surface area contributed by atoms with Crippen LogP contribution in [0.4, 0.5) is 0 Å². The highest BCUT2D eigenvalue weighted by molar-refractivity contribution is 5.22. The molecule has 96 valence electrons. The molecule has 4 heteroatoms. The molecule has 0 amide bonds. The Balaban J connectivity index is 1.88. The Bertz CT molecular complexity index is 493. The SMILES string of the molecule is CCNCc1nnc(CCc2cccc(C)c2)o1. The first-order valence-electron chi connectivity index (χ1n) is 6.35. The quantitative estimate of drug-likeness (QED) is 0.848. The van der Waals surface area contributed by atoms with E-state index in [2.05, 4.69) is 53.6 Å². The van der Waals surface area contributed by atoms with Crippen molar-refractivity contribution in [1.82, 2.24) is 15.5 Å². The minimum atomic E-state index is 0.647. The van der Waals surface area contributed by atoms with Crippen molar-refractivity contribution in [2.24, 2.45) is 0 Å². The van der Waals surface area contributed by atoms with Crippen LogP contribution in [0.1, 0.15) is 29.8 Å². The number of rotatable bonds is 6. The van der Waals surface area contributed by atoms with Gasteiger partial charge in [-0.25, -0.2) is 0 Å². The molecule has 4 nitrogen and oxygen atoms in total. The highest BCUT2D eigenvalue weighted by atomic mass is 16.4. The van der Waals surface area contributed by atoms with Crippen molar-refractivity contribution >= 4 is 0 Å². The van der Waals surface area contributed by atoms with Crippen LogP contribution in [0.3, 0.4) is 0 Å². The fourth-order valence-corrected chi connectivity index (χ4v) is 1.81. The molecule has 0 aliphatic carbocycles. The van der Waals surface area contributed by atoms with Crippen molar-refractivity contribution < 1.29 is 4.42 Å². The van der Waals surface area contributed by atoms with E-state index in [1.165, 1.54) is 11.1 Å². The van der Waals surface area contributed by atoms with Crippen LogP contribution >= 0.6 is 0 Å². The summed E-state index contributed by atoms with van der Waals surface area (Å²) in [5.41, 5.74) is 2.59. The second kappa shape index (κ2) is 6.31. The number of hydrogen-bond donors (Lipinski definition) is 1. The molecule has 1 N–H and O–H groups in total. The van der Waals surface area contributed by atoms with E-state index >= 15 is 0 Å². The van der Waals surface area contributed by atoms with Crippen molar-refractivity contribution in [2.45, 2.75) is 33.2 Å². The summed E-state index contributed by atoms with van der Waals surface area (Å²) in [4.78, 5) is 0. The molecular formula is C14H19N3O. The summed E-state index contributed by atoms with van der Waals surface area (Å²) in [5.74, 6) is 1.38. The highest BCUT2D eigenvalue weighted by Crippen LogP contribution is 2.08. The van der Waals surface area contributed by atoms with Crippen molar-refractivity contribution in [3.8, 4) is 0 Å². The second-order valence-corrected chi connectivity index (χ2v) is 4.36. The van der Waals surface area contributed by atoms with Gasteiger partial charge in [-0.15, -0.1) is 10.2 Å². The molecule has 0 aliphatic heterocycles. The third-order valence-electron chi connectivity index (χ3n) is 2.74. The number of aromatic nitrogens is 2. The van der Waals surface area contributed by atoms with Crippen molar-refractivity contribution in [3.63, 3.8) is 0 Å². The molecule has 0 saturated heterocycles. The molecule has 0 saturated carbocycles. The van der Waals surface area contributed by atoms with Gasteiger partial charge in [0, 0.05) is 6.42 Å². The number of benzene rings is 1. The first-order valence-corrected chi connectivity index (χ1v) is 6.35. The maximum atomic E-state index is 5.55. The maximum Gasteiger partial charge on any atom is 0.230 e. The zero-order valence-electron chi connectivity index (χ0n) is 10.9. The van der Waals surface area contributed by atoms with Gasteiger partial charge in [-0.2, -0.15) is 0 Å². The fourth-order valence-electron chi connectivity index (χ4n) is 1.81. The molecule has 0 bridgehead atoms. The molecular weight excluding hydrogens is 226 g/mol. The van der Waals surface area contributed by atoms with E-state index in [-0.39, 0.29) is 0 Å². The first kappa shape index (κ1) is 12.8. The van der Waals surface area contributed by atoms with Crippen LogP contribution in [0.25, 0.3) is 0 Å². The van der Waals surface area contributed by atoms with E-state index in [1.807, 2.05) is 0 Å². The molecule has 0 aliphatic rings. The standard InChI is InChI=1S/C14H19N3O/c1-3-15-10-14-17-16-13(18-14)8-7-12-6-4-5-11(2)9-12/h4-6,9,15H,3,7-8,10H2,1-2H3. The molecule has 2 rings (SSSR count). The predicted octanol–water partition coefficient (Wildman–Crippen LogP) is 2.27. The zero-order chi connectivity index (χ0) is 12.8. The van der Waals surface area contributed by atoms with Gasteiger partial charge in [0.2, 0.25) is 11.8 Å². The molecule has 18 heavy (non-hydrogen) atoms. The lowest BCUT2D eigenvalue weighted by atomic mass is 10.1. The Morgan fingerprint density at radius 1 is 1.17 bits per heavy atom. The third-order valence-corrected chi connectivity index (χ3v) is 2.74. The van der Waals surface area contributed by atoms with E-state index in [0.29, 0.717) is 18.3 Å². The van der Waals surface area contributed by atoms with E-state index in [4.69, 9.17) is 4.42 Å². The first-order chi connectivity index (χ1) is 8.78. The second-order valence-electron chi connectivity index (χ2n) is 4.36. The van der Waals surface area contributed by atoms with Gasteiger partial charge in [-0.3, -0.25) is 0 Å². The van der Waals surface area contributed by atoms with Crippen molar-refractivity contribution in [2.75, 3.05) is 6.54 Å². The average Bonchev–Trinajstić information content (AvgIpc) is 2.82. The van der Waals surface area contributed by atoms with Gasteiger partial charge in [0.1, 0.15) is 0 Å². The van der Waals surface area contributed by atoms with Gasteiger partial charge >= 0.3 is 0 Å². The van der Waals surface area contributed by atoms with Crippen LogP contribution in [-0.4, -0.2) is 16.7 Å². The summed E-state index contributed by atoms with van der Waals surface area (Å²) < 4.78 is 5.55. The lowest BCUT2D eigenvalue weighted by Gasteiger charge is -1.99. The molecule has 0 fully saturated rings. The number of aryl methyl sites for hydroxylation is 3. The van der Waals surface area contributed by atoms with Gasteiger partial charge in [-0.1, -0.05) is 36.8 Å². The molecule has 0 spiro atoms. The summed E-state index contributed by atoms with van der Waals surface area (Å²) in [6.07, 6.45) is 1.73. The number of nitrogens with one attached hydrogen (secondary N) is 1. The topological polar surface area (TPSA) is 51.0 Å². The van der Waals surface area contributed by atoms with E-state index in [1.54, 1.807) is 0 Å². The van der Waals surface area contributed by atoms with Crippen molar-refractivity contribution in [3.05, 3.63) is 47.2 Å². The summed E-state index contributed by atoms with van der Waals surface area (Å²) >= 11 is 0. The smallest absolute Gasteiger partial charge is 0.230 e. The van der Waals surface area contributed by atoms with Crippen LogP contribution in [0.5, 0.6) is 0 Å². The molecule has 0 unspecified atom stereocenters. The Morgan fingerprint density at radius 3 is 2.78 bits per heavy atom. The number of hydrogen-bond acceptors (Lipinski definition) is 4. The maximum absolute atomic E-state index is 5.55. The number of nitrogens with zero attached hydrogens (tertiary/aromatic N) is 2. The Hall–Kier alpha value is -1.68. The summed E-state index contributed by atoms with van der Waals surface area (Å²) in [7, 11) is 0. The molecule has 0 radical (unpaired) electrons. The lowest BCUT2D eigenvalue weighted by Crippen LogP contribution is -2.11. The molecule has 0 atom stereocenters. The summed E-state index contributed by atoms with van der Waals surface area (Å²) in [6.45, 7) is 5.70. The van der Waals surface area contributed by atoms with Crippen LogP contribution in [0, 0.1) is 6.92 Å². The predicted molar refractivity (Wildman–Crippen MR) is 70.3 cm³/mol. The largest absolute Gasteiger partial charge is 0.424 e. The Kier molecular flexibility index (Phi) is 4.47. The normalized spacial score (nSPS) is 10.8. The third kappa shape index (κ3) is 3.67. The molecule has 1 aromatic carbocycles. The van der Waals surface area contributed by atoms with Gasteiger partial charge in [0.15, 0.2) is 0 Å². The van der Waals surface area contributed by atoms with E-state index in [9.17, 15) is 0 Å². The minimum absolute atomic E-state index is 0.647. The van der Waals surface area contributed by atoms with Crippen molar-refractivity contribution in [1.29, 1.82) is 0 Å².